The lowest BCUT2D eigenvalue weighted by molar-refractivity contribution is 0.138. The molecule has 0 aromatic heterocycles. The van der Waals surface area contributed by atoms with Crippen molar-refractivity contribution in [2.24, 2.45) is 0 Å². The van der Waals surface area contributed by atoms with Gasteiger partial charge in [-0.1, -0.05) is 97.1 Å². The molecule has 0 saturated carbocycles. The molecular weight excluding hydrogens is 566 g/mol. The Balaban J connectivity index is 1.78. The van der Waals surface area contributed by atoms with E-state index in [1.54, 1.807) is 0 Å². The molecule has 0 fully saturated rings. The van der Waals surface area contributed by atoms with Crippen LogP contribution in [0.1, 0.15) is 55.4 Å². The molecule has 0 aliphatic rings. The zero-order valence-electron chi connectivity index (χ0n) is 28.3. The SMILES string of the molecule is CC(C)OB(OC(C)C)c1c2ccccc2c(-c2c3ccccc3c(B(OC(C)C)OC(C)C)c3ccccc23)c2ccccc12. The Bertz CT molecular complexity index is 1720. The summed E-state index contributed by atoms with van der Waals surface area (Å²) in [5.41, 5.74) is 4.54. The Morgan fingerprint density at radius 1 is 0.326 bits per heavy atom. The third-order valence-electron chi connectivity index (χ3n) is 8.25. The van der Waals surface area contributed by atoms with Gasteiger partial charge in [0.15, 0.2) is 0 Å². The van der Waals surface area contributed by atoms with E-state index in [2.05, 4.69) is 152 Å². The maximum absolute atomic E-state index is 6.50. The fourth-order valence-corrected chi connectivity index (χ4v) is 6.70. The molecule has 0 heterocycles. The van der Waals surface area contributed by atoms with Gasteiger partial charge < -0.3 is 18.6 Å². The Morgan fingerprint density at radius 3 is 0.717 bits per heavy atom. The summed E-state index contributed by atoms with van der Waals surface area (Å²) in [6.45, 7) is 16.5. The molecule has 0 atom stereocenters. The molecular formula is C40H44B2O4. The van der Waals surface area contributed by atoms with Crippen molar-refractivity contribution in [2.45, 2.75) is 79.8 Å². The summed E-state index contributed by atoms with van der Waals surface area (Å²) >= 11 is 0. The largest absolute Gasteiger partial charge is 0.495 e. The molecule has 0 bridgehead atoms. The van der Waals surface area contributed by atoms with Crippen LogP contribution in [0.2, 0.25) is 0 Å². The van der Waals surface area contributed by atoms with Gasteiger partial charge in [0.1, 0.15) is 0 Å². The molecule has 0 unspecified atom stereocenters. The van der Waals surface area contributed by atoms with Crippen molar-refractivity contribution in [1.82, 2.24) is 0 Å². The van der Waals surface area contributed by atoms with Gasteiger partial charge in [0.25, 0.3) is 0 Å². The predicted molar refractivity (Wildman–Crippen MR) is 198 cm³/mol. The molecule has 0 amide bonds. The van der Waals surface area contributed by atoms with Crippen LogP contribution >= 0.6 is 0 Å². The van der Waals surface area contributed by atoms with Crippen LogP contribution in [0.25, 0.3) is 54.2 Å². The van der Waals surface area contributed by atoms with Crippen molar-refractivity contribution in [2.75, 3.05) is 0 Å². The van der Waals surface area contributed by atoms with Crippen LogP contribution in [0.15, 0.2) is 97.1 Å². The van der Waals surface area contributed by atoms with E-state index in [0.717, 1.165) is 54.0 Å². The Morgan fingerprint density at radius 2 is 0.522 bits per heavy atom. The lowest BCUT2D eigenvalue weighted by Crippen LogP contribution is -2.42. The van der Waals surface area contributed by atoms with E-state index in [1.165, 1.54) is 11.1 Å². The summed E-state index contributed by atoms with van der Waals surface area (Å²) in [7, 11) is -1.02. The fourth-order valence-electron chi connectivity index (χ4n) is 6.70. The predicted octanol–water partition coefficient (Wildman–Crippen LogP) is 9.06. The number of hydrogen-bond acceptors (Lipinski definition) is 4. The van der Waals surface area contributed by atoms with Crippen LogP contribution in [0, 0.1) is 0 Å². The lowest BCUT2D eigenvalue weighted by atomic mass is 9.68. The highest BCUT2D eigenvalue weighted by Crippen LogP contribution is 2.43. The number of hydrogen-bond donors (Lipinski definition) is 0. The average Bonchev–Trinajstić information content (AvgIpc) is 3.01. The van der Waals surface area contributed by atoms with Gasteiger partial charge in [0.2, 0.25) is 0 Å². The summed E-state index contributed by atoms with van der Waals surface area (Å²) < 4.78 is 26.0. The monoisotopic (exact) mass is 610 g/mol. The summed E-state index contributed by atoms with van der Waals surface area (Å²) in [6, 6.07) is 34.8. The van der Waals surface area contributed by atoms with Gasteiger partial charge in [0.05, 0.1) is 0 Å². The van der Waals surface area contributed by atoms with Crippen molar-refractivity contribution >= 4 is 68.3 Å². The van der Waals surface area contributed by atoms with E-state index in [9.17, 15) is 0 Å². The topological polar surface area (TPSA) is 36.9 Å². The summed E-state index contributed by atoms with van der Waals surface area (Å²) in [5.74, 6) is 0. The molecule has 6 aromatic carbocycles. The van der Waals surface area contributed by atoms with Gasteiger partial charge in [-0.15, -0.1) is 0 Å². The van der Waals surface area contributed by atoms with Gasteiger partial charge in [-0.25, -0.2) is 0 Å². The quantitative estimate of drug-likeness (QED) is 0.108. The second kappa shape index (κ2) is 13.6. The summed E-state index contributed by atoms with van der Waals surface area (Å²) in [5, 5.41) is 9.17. The molecule has 0 radical (unpaired) electrons. The molecule has 46 heavy (non-hydrogen) atoms. The zero-order valence-corrected chi connectivity index (χ0v) is 28.3. The Hall–Kier alpha value is -3.67. The van der Waals surface area contributed by atoms with E-state index in [0.29, 0.717) is 0 Å². The third-order valence-corrected chi connectivity index (χ3v) is 8.25. The second-order valence-electron chi connectivity index (χ2n) is 13.2. The summed E-state index contributed by atoms with van der Waals surface area (Å²) in [4.78, 5) is 0. The van der Waals surface area contributed by atoms with Crippen LogP contribution in [-0.4, -0.2) is 38.7 Å². The first kappa shape index (κ1) is 32.3. The van der Waals surface area contributed by atoms with E-state index in [-0.39, 0.29) is 24.4 Å². The molecule has 4 nitrogen and oxygen atoms in total. The van der Waals surface area contributed by atoms with Crippen LogP contribution < -0.4 is 10.9 Å². The minimum atomic E-state index is -0.512. The van der Waals surface area contributed by atoms with Gasteiger partial charge in [-0.05, 0) is 121 Å². The van der Waals surface area contributed by atoms with Crippen LogP contribution in [0.3, 0.4) is 0 Å². The second-order valence-corrected chi connectivity index (χ2v) is 13.2. The highest BCUT2D eigenvalue weighted by atomic mass is 16.6. The molecule has 0 aliphatic carbocycles. The Kier molecular flexibility index (Phi) is 9.54. The first-order valence-electron chi connectivity index (χ1n) is 16.6. The van der Waals surface area contributed by atoms with E-state index < -0.39 is 14.2 Å². The molecule has 6 rings (SSSR count). The maximum atomic E-state index is 6.50. The zero-order chi connectivity index (χ0) is 32.5. The third kappa shape index (κ3) is 6.20. The Labute approximate surface area is 274 Å². The number of fused-ring (bicyclic) bond motifs is 4. The van der Waals surface area contributed by atoms with E-state index in [4.69, 9.17) is 18.6 Å². The normalized spacial score (nSPS) is 12.2. The van der Waals surface area contributed by atoms with Gasteiger partial charge in [-0.3, -0.25) is 0 Å². The maximum Gasteiger partial charge on any atom is 0.495 e. The van der Waals surface area contributed by atoms with Crippen molar-refractivity contribution in [3.63, 3.8) is 0 Å². The van der Waals surface area contributed by atoms with E-state index in [1.807, 2.05) is 0 Å². The molecule has 0 aliphatic heterocycles. The van der Waals surface area contributed by atoms with Crippen molar-refractivity contribution in [3.05, 3.63) is 97.1 Å². The van der Waals surface area contributed by atoms with Gasteiger partial charge in [-0.2, -0.15) is 0 Å². The van der Waals surface area contributed by atoms with Crippen LogP contribution in [0.5, 0.6) is 0 Å². The van der Waals surface area contributed by atoms with E-state index >= 15 is 0 Å². The average molecular weight is 610 g/mol. The highest BCUT2D eigenvalue weighted by Gasteiger charge is 2.33. The summed E-state index contributed by atoms with van der Waals surface area (Å²) in [6.07, 6.45) is -0.0169. The van der Waals surface area contributed by atoms with Crippen LogP contribution in [-0.2, 0) is 18.6 Å². The van der Waals surface area contributed by atoms with Crippen LogP contribution in [0.4, 0.5) is 0 Å². The van der Waals surface area contributed by atoms with Gasteiger partial charge in [0, 0.05) is 24.4 Å². The molecule has 6 heteroatoms. The number of rotatable bonds is 11. The van der Waals surface area contributed by atoms with Crippen molar-refractivity contribution in [1.29, 1.82) is 0 Å². The van der Waals surface area contributed by atoms with Gasteiger partial charge >= 0.3 is 14.2 Å². The minimum absolute atomic E-state index is 0.00422. The first-order valence-corrected chi connectivity index (χ1v) is 16.6. The van der Waals surface area contributed by atoms with Crippen molar-refractivity contribution in [3.8, 4) is 11.1 Å². The standard InChI is InChI=1S/C40H44B2O4/c1-25(2)43-41(44-26(3)4)39-33-21-13-9-17-29(33)37(30-18-10-14-22-34(30)39)38-31-19-11-15-23-35(31)40(36-24-16-12-20-32(36)38)42(45-27(5)6)46-28(7)8/h9-28H,1-8H3. The fraction of sp³-hybridized carbons (Fsp3) is 0.300. The highest BCUT2D eigenvalue weighted by molar-refractivity contribution is 6.69. The molecule has 234 valence electrons. The van der Waals surface area contributed by atoms with Crippen molar-refractivity contribution < 1.29 is 18.6 Å². The number of benzene rings is 6. The molecule has 0 N–H and O–H groups in total. The molecule has 0 spiro atoms. The smallest absolute Gasteiger partial charge is 0.405 e. The minimum Gasteiger partial charge on any atom is -0.405 e. The first-order chi connectivity index (χ1) is 22.2. The molecule has 0 saturated heterocycles. The lowest BCUT2D eigenvalue weighted by Gasteiger charge is -2.26. The molecule has 6 aromatic rings.